The van der Waals surface area contributed by atoms with E-state index < -0.39 is 5.66 Å². The molecule has 2 aromatic carbocycles. The minimum Gasteiger partial charge on any atom is -0.494 e. The molecule has 178 valence electrons. The van der Waals surface area contributed by atoms with Crippen LogP contribution < -0.4 is 20.3 Å². The first kappa shape index (κ1) is 23.3. The van der Waals surface area contributed by atoms with E-state index in [4.69, 9.17) is 4.74 Å². The largest absolute Gasteiger partial charge is 0.494 e. The van der Waals surface area contributed by atoms with Crippen LogP contribution in [-0.4, -0.2) is 53.9 Å². The minimum atomic E-state index is -0.812. The number of fused-ring (bicyclic) bond motifs is 3. The second-order valence-corrected chi connectivity index (χ2v) is 8.45. The molecule has 4 amide bonds. The van der Waals surface area contributed by atoms with Crippen LogP contribution in [0.1, 0.15) is 43.5 Å². The van der Waals surface area contributed by atoms with Gasteiger partial charge >= 0.3 is 0 Å². The lowest BCUT2D eigenvalue weighted by molar-refractivity contribution is -0.124. The molecule has 2 N–H and O–H groups in total. The molecule has 2 aliphatic heterocycles. The van der Waals surface area contributed by atoms with Crippen molar-refractivity contribution in [3.8, 4) is 5.75 Å². The van der Waals surface area contributed by atoms with Crippen LogP contribution in [0.2, 0.25) is 0 Å². The number of ether oxygens (including phenoxy) is 1. The number of carbonyl (C=O) groups is 4. The second kappa shape index (κ2) is 9.54. The van der Waals surface area contributed by atoms with Crippen LogP contribution in [0.4, 0.5) is 11.4 Å². The van der Waals surface area contributed by atoms with Crippen LogP contribution >= 0.6 is 0 Å². The van der Waals surface area contributed by atoms with Crippen LogP contribution in [0.25, 0.3) is 0 Å². The number of para-hydroxylation sites is 1. The van der Waals surface area contributed by atoms with Gasteiger partial charge in [0.05, 0.1) is 24.4 Å². The number of amides is 4. The molecule has 0 aliphatic carbocycles. The summed E-state index contributed by atoms with van der Waals surface area (Å²) in [7, 11) is 0. The van der Waals surface area contributed by atoms with Crippen molar-refractivity contribution < 1.29 is 23.9 Å². The molecule has 9 heteroatoms. The Morgan fingerprint density at radius 2 is 1.79 bits per heavy atom. The summed E-state index contributed by atoms with van der Waals surface area (Å²) in [6, 6.07) is 14.0. The summed E-state index contributed by atoms with van der Waals surface area (Å²) in [6.45, 7) is 4.25. The first-order chi connectivity index (χ1) is 16.3. The third-order valence-corrected chi connectivity index (χ3v) is 6.20. The molecular formula is C25H28N4O5. The molecule has 2 aromatic rings. The SMILES string of the molecule is CCOc1ccc(NC(=O)CNC(=O)CCN2C(=O)c3ccccc3N3C(=O)CCC23C)cc1. The monoisotopic (exact) mass is 464 g/mol. The topological polar surface area (TPSA) is 108 Å². The third kappa shape index (κ3) is 4.46. The fraction of sp³-hybridized carbons (Fsp3) is 0.360. The van der Waals surface area contributed by atoms with Gasteiger partial charge in [0.15, 0.2) is 0 Å². The van der Waals surface area contributed by atoms with Crippen LogP contribution in [0, 0.1) is 0 Å². The average molecular weight is 465 g/mol. The Morgan fingerprint density at radius 1 is 1.06 bits per heavy atom. The zero-order chi connectivity index (χ0) is 24.3. The van der Waals surface area contributed by atoms with Crippen LogP contribution in [0.15, 0.2) is 48.5 Å². The molecule has 2 aliphatic rings. The van der Waals surface area contributed by atoms with Crippen molar-refractivity contribution in [1.82, 2.24) is 10.2 Å². The molecule has 0 aromatic heterocycles. The quantitative estimate of drug-likeness (QED) is 0.624. The van der Waals surface area contributed by atoms with E-state index in [1.807, 2.05) is 13.8 Å². The third-order valence-electron chi connectivity index (χ3n) is 6.20. The number of hydrogen-bond acceptors (Lipinski definition) is 5. The van der Waals surface area contributed by atoms with E-state index in [1.165, 1.54) is 0 Å². The van der Waals surface area contributed by atoms with Crippen molar-refractivity contribution in [2.24, 2.45) is 0 Å². The lowest BCUT2D eigenvalue weighted by atomic mass is 9.98. The van der Waals surface area contributed by atoms with Crippen LogP contribution in [0.3, 0.4) is 0 Å². The van der Waals surface area contributed by atoms with E-state index in [0.717, 1.165) is 0 Å². The van der Waals surface area contributed by atoms with E-state index in [0.29, 0.717) is 42.1 Å². The van der Waals surface area contributed by atoms with Gasteiger partial charge in [-0.1, -0.05) is 12.1 Å². The first-order valence-corrected chi connectivity index (χ1v) is 11.4. The first-order valence-electron chi connectivity index (χ1n) is 11.4. The molecule has 0 radical (unpaired) electrons. The molecule has 0 spiro atoms. The Kier molecular flexibility index (Phi) is 6.54. The molecular weight excluding hydrogens is 436 g/mol. The highest BCUT2D eigenvalue weighted by atomic mass is 16.5. The van der Waals surface area contributed by atoms with E-state index >= 15 is 0 Å². The van der Waals surface area contributed by atoms with Gasteiger partial charge in [0.2, 0.25) is 17.7 Å². The summed E-state index contributed by atoms with van der Waals surface area (Å²) >= 11 is 0. The van der Waals surface area contributed by atoms with Gasteiger partial charge in [-0.15, -0.1) is 0 Å². The number of benzene rings is 2. The highest BCUT2D eigenvalue weighted by molar-refractivity contribution is 6.10. The molecule has 4 rings (SSSR count). The number of nitrogens with zero attached hydrogens (tertiary/aromatic N) is 2. The molecule has 1 saturated heterocycles. The molecule has 1 fully saturated rings. The molecule has 1 atom stereocenters. The summed E-state index contributed by atoms with van der Waals surface area (Å²) in [4.78, 5) is 53.7. The normalized spacial score (nSPS) is 18.9. The maximum absolute atomic E-state index is 13.2. The Balaban J connectivity index is 1.33. The van der Waals surface area contributed by atoms with Gasteiger partial charge in [-0.25, -0.2) is 0 Å². The predicted octanol–water partition coefficient (Wildman–Crippen LogP) is 2.53. The van der Waals surface area contributed by atoms with E-state index in [2.05, 4.69) is 10.6 Å². The molecule has 9 nitrogen and oxygen atoms in total. The van der Waals surface area contributed by atoms with Crippen LogP contribution in [0.5, 0.6) is 5.75 Å². The Hall–Kier alpha value is -3.88. The molecule has 34 heavy (non-hydrogen) atoms. The molecule has 2 heterocycles. The lowest BCUT2D eigenvalue weighted by Crippen LogP contribution is -2.62. The van der Waals surface area contributed by atoms with Gasteiger partial charge < -0.3 is 20.3 Å². The number of carbonyl (C=O) groups excluding carboxylic acids is 4. The fourth-order valence-corrected chi connectivity index (χ4v) is 4.53. The van der Waals surface area contributed by atoms with Crippen molar-refractivity contribution >= 4 is 35.0 Å². The van der Waals surface area contributed by atoms with Crippen molar-refractivity contribution in [3.63, 3.8) is 0 Å². The Morgan fingerprint density at radius 3 is 2.53 bits per heavy atom. The van der Waals surface area contributed by atoms with Crippen LogP contribution in [-0.2, 0) is 14.4 Å². The number of nitrogens with one attached hydrogen (secondary N) is 2. The maximum atomic E-state index is 13.2. The predicted molar refractivity (Wildman–Crippen MR) is 126 cm³/mol. The van der Waals surface area contributed by atoms with Gasteiger partial charge in [0.1, 0.15) is 11.4 Å². The van der Waals surface area contributed by atoms with E-state index in [-0.39, 0.29) is 43.1 Å². The van der Waals surface area contributed by atoms with Gasteiger partial charge in [-0.2, -0.15) is 0 Å². The lowest BCUT2D eigenvalue weighted by Gasteiger charge is -2.48. The Labute approximate surface area is 198 Å². The van der Waals surface area contributed by atoms with E-state index in [1.54, 1.807) is 58.3 Å². The van der Waals surface area contributed by atoms with E-state index in [9.17, 15) is 19.2 Å². The second-order valence-electron chi connectivity index (χ2n) is 8.45. The fourth-order valence-electron chi connectivity index (χ4n) is 4.53. The van der Waals surface area contributed by atoms with Gasteiger partial charge in [-0.05, 0) is 56.7 Å². The summed E-state index contributed by atoms with van der Waals surface area (Å²) < 4.78 is 5.37. The van der Waals surface area contributed by atoms with Gasteiger partial charge in [0, 0.05) is 25.1 Å². The Bertz CT molecular complexity index is 1120. The van der Waals surface area contributed by atoms with Gasteiger partial charge in [0.25, 0.3) is 5.91 Å². The highest BCUT2D eigenvalue weighted by Crippen LogP contribution is 2.43. The zero-order valence-corrected chi connectivity index (χ0v) is 19.3. The summed E-state index contributed by atoms with van der Waals surface area (Å²) in [6.07, 6.45) is 0.854. The zero-order valence-electron chi connectivity index (χ0n) is 19.3. The summed E-state index contributed by atoms with van der Waals surface area (Å²) in [5.41, 5.74) is 0.849. The highest BCUT2D eigenvalue weighted by Gasteiger charge is 2.52. The smallest absolute Gasteiger partial charge is 0.257 e. The minimum absolute atomic E-state index is 0.0157. The summed E-state index contributed by atoms with van der Waals surface area (Å²) in [5, 5.41) is 5.31. The maximum Gasteiger partial charge on any atom is 0.257 e. The van der Waals surface area contributed by atoms with Crippen molar-refractivity contribution in [2.75, 3.05) is 29.9 Å². The standard InChI is InChI=1S/C25H28N4O5/c1-3-34-18-10-8-17(9-11-18)27-22(31)16-26-21(30)13-15-28-24(33)19-6-4-5-7-20(19)29-23(32)12-14-25(28,29)2/h4-11H,3,12-16H2,1-2H3,(H,26,30)(H,27,31). The number of rotatable bonds is 8. The van der Waals surface area contributed by atoms with Crippen molar-refractivity contribution in [3.05, 3.63) is 54.1 Å². The summed E-state index contributed by atoms with van der Waals surface area (Å²) in [5.74, 6) is -0.249. The molecule has 1 unspecified atom stereocenters. The van der Waals surface area contributed by atoms with Crippen molar-refractivity contribution in [2.45, 2.75) is 38.8 Å². The van der Waals surface area contributed by atoms with Gasteiger partial charge in [-0.3, -0.25) is 24.1 Å². The molecule has 0 saturated carbocycles. The average Bonchev–Trinajstić information content (AvgIpc) is 3.14. The number of hydrogen-bond donors (Lipinski definition) is 2. The number of anilines is 2. The van der Waals surface area contributed by atoms with Crippen molar-refractivity contribution in [1.29, 1.82) is 0 Å². The molecule has 0 bridgehead atoms.